The molecular formula is C25H24N2O2. The van der Waals surface area contributed by atoms with Crippen LogP contribution in [0.25, 0.3) is 10.9 Å². The van der Waals surface area contributed by atoms with E-state index in [0.717, 1.165) is 40.0 Å². The van der Waals surface area contributed by atoms with E-state index in [1.54, 1.807) is 0 Å². The van der Waals surface area contributed by atoms with Crippen molar-refractivity contribution in [2.75, 3.05) is 0 Å². The number of aromatic nitrogens is 1. The molecule has 0 aliphatic heterocycles. The van der Waals surface area contributed by atoms with E-state index in [1.807, 2.05) is 67.6 Å². The van der Waals surface area contributed by atoms with E-state index in [2.05, 4.69) is 22.8 Å². The van der Waals surface area contributed by atoms with Crippen LogP contribution in [0.2, 0.25) is 0 Å². The van der Waals surface area contributed by atoms with Gasteiger partial charge >= 0.3 is 0 Å². The molecule has 0 unspecified atom stereocenters. The predicted octanol–water partition coefficient (Wildman–Crippen LogP) is 4.60. The van der Waals surface area contributed by atoms with Gasteiger partial charge in [-0.15, -0.1) is 0 Å². The summed E-state index contributed by atoms with van der Waals surface area (Å²) in [6, 6.07) is 26.4. The van der Waals surface area contributed by atoms with Crippen LogP contribution >= 0.6 is 0 Å². The van der Waals surface area contributed by atoms with E-state index in [9.17, 15) is 4.79 Å². The first-order valence-electron chi connectivity index (χ1n) is 9.72. The second-order valence-electron chi connectivity index (χ2n) is 7.23. The number of fused-ring (bicyclic) bond motifs is 1. The highest BCUT2D eigenvalue weighted by molar-refractivity contribution is 5.91. The first kappa shape index (κ1) is 18.8. The molecular weight excluding hydrogens is 360 g/mol. The fourth-order valence-corrected chi connectivity index (χ4v) is 3.73. The second kappa shape index (κ2) is 8.23. The smallest absolute Gasteiger partial charge is 0.221 e. The molecule has 0 radical (unpaired) electrons. The van der Waals surface area contributed by atoms with Gasteiger partial charge in [-0.05, 0) is 41.8 Å². The Morgan fingerprint density at radius 3 is 2.24 bits per heavy atom. The molecule has 4 nitrogen and oxygen atoms in total. The average molecular weight is 384 g/mol. The molecule has 4 aromatic rings. The molecule has 4 heteroatoms. The Balaban J connectivity index is 1.71. The fourth-order valence-electron chi connectivity index (χ4n) is 3.73. The van der Waals surface area contributed by atoms with E-state index < -0.39 is 0 Å². The summed E-state index contributed by atoms with van der Waals surface area (Å²) in [6.07, 6.45) is 0.215. The van der Waals surface area contributed by atoms with Gasteiger partial charge in [-0.25, -0.2) is 0 Å². The van der Waals surface area contributed by atoms with Crippen LogP contribution in [0.1, 0.15) is 22.4 Å². The third-order valence-corrected chi connectivity index (χ3v) is 5.21. The van der Waals surface area contributed by atoms with Gasteiger partial charge in [0.1, 0.15) is 12.4 Å². The van der Waals surface area contributed by atoms with Crippen molar-refractivity contribution in [3.05, 3.63) is 101 Å². The maximum absolute atomic E-state index is 11.7. The molecule has 1 amide bonds. The number of benzene rings is 3. The molecule has 0 saturated carbocycles. The van der Waals surface area contributed by atoms with Gasteiger partial charge in [0.05, 0.1) is 6.42 Å². The summed E-state index contributed by atoms with van der Waals surface area (Å²) >= 11 is 0. The minimum absolute atomic E-state index is 0.215. The van der Waals surface area contributed by atoms with E-state index in [0.29, 0.717) is 6.61 Å². The van der Waals surface area contributed by atoms with Gasteiger partial charge in [0, 0.05) is 23.1 Å². The number of primary amides is 1. The van der Waals surface area contributed by atoms with Gasteiger partial charge in [0.15, 0.2) is 0 Å². The Hall–Kier alpha value is -3.53. The highest BCUT2D eigenvalue weighted by Crippen LogP contribution is 2.31. The van der Waals surface area contributed by atoms with E-state index in [4.69, 9.17) is 10.5 Å². The van der Waals surface area contributed by atoms with Crippen molar-refractivity contribution in [3.63, 3.8) is 0 Å². The number of carbonyl (C=O) groups excluding carboxylic acids is 1. The number of rotatable bonds is 7. The monoisotopic (exact) mass is 384 g/mol. The number of hydrogen-bond acceptors (Lipinski definition) is 2. The first-order valence-corrected chi connectivity index (χ1v) is 9.72. The van der Waals surface area contributed by atoms with E-state index in [-0.39, 0.29) is 12.3 Å². The van der Waals surface area contributed by atoms with Crippen molar-refractivity contribution < 1.29 is 9.53 Å². The maximum atomic E-state index is 11.7. The van der Waals surface area contributed by atoms with Gasteiger partial charge < -0.3 is 15.0 Å². The number of amides is 1. The molecule has 3 aromatic carbocycles. The summed E-state index contributed by atoms with van der Waals surface area (Å²) < 4.78 is 8.24. The minimum Gasteiger partial charge on any atom is -0.489 e. The summed E-state index contributed by atoms with van der Waals surface area (Å²) in [5, 5.41) is 1.02. The summed E-state index contributed by atoms with van der Waals surface area (Å²) in [5.41, 5.74) is 11.0. The zero-order valence-electron chi connectivity index (χ0n) is 16.5. The van der Waals surface area contributed by atoms with Gasteiger partial charge in [-0.1, -0.05) is 60.7 Å². The predicted molar refractivity (Wildman–Crippen MR) is 116 cm³/mol. The van der Waals surface area contributed by atoms with Crippen molar-refractivity contribution in [2.45, 2.75) is 26.5 Å². The molecule has 0 fully saturated rings. The van der Waals surface area contributed by atoms with Crippen LogP contribution < -0.4 is 10.5 Å². The lowest BCUT2D eigenvalue weighted by Crippen LogP contribution is -2.14. The number of nitrogens with zero attached hydrogens (tertiary/aromatic N) is 1. The van der Waals surface area contributed by atoms with Gasteiger partial charge in [-0.2, -0.15) is 0 Å². The summed E-state index contributed by atoms with van der Waals surface area (Å²) in [5.74, 6) is 0.450. The molecule has 0 aliphatic carbocycles. The van der Waals surface area contributed by atoms with Crippen molar-refractivity contribution in [2.24, 2.45) is 5.73 Å². The number of hydrogen-bond donors (Lipinski definition) is 1. The molecule has 0 saturated heterocycles. The zero-order chi connectivity index (χ0) is 20.2. The third-order valence-electron chi connectivity index (χ3n) is 5.21. The van der Waals surface area contributed by atoms with Crippen LogP contribution in [0.3, 0.4) is 0 Å². The molecule has 0 atom stereocenters. The minimum atomic E-state index is -0.331. The van der Waals surface area contributed by atoms with E-state index >= 15 is 0 Å². The summed E-state index contributed by atoms with van der Waals surface area (Å²) in [4.78, 5) is 11.7. The Morgan fingerprint density at radius 2 is 1.59 bits per heavy atom. The van der Waals surface area contributed by atoms with Crippen molar-refractivity contribution in [1.29, 1.82) is 0 Å². The van der Waals surface area contributed by atoms with Crippen LogP contribution in [0.5, 0.6) is 5.75 Å². The van der Waals surface area contributed by atoms with Gasteiger partial charge in [0.2, 0.25) is 5.91 Å². The quantitative estimate of drug-likeness (QED) is 0.506. The van der Waals surface area contributed by atoms with Crippen LogP contribution in [0, 0.1) is 6.92 Å². The Bertz CT molecular complexity index is 1130. The largest absolute Gasteiger partial charge is 0.489 e. The van der Waals surface area contributed by atoms with Gasteiger partial charge in [0.25, 0.3) is 0 Å². The normalized spacial score (nSPS) is 10.9. The molecule has 0 bridgehead atoms. The highest BCUT2D eigenvalue weighted by Gasteiger charge is 2.17. The molecule has 29 heavy (non-hydrogen) atoms. The lowest BCUT2D eigenvalue weighted by atomic mass is 10.1. The third kappa shape index (κ3) is 4.16. The van der Waals surface area contributed by atoms with Crippen molar-refractivity contribution in [1.82, 2.24) is 4.57 Å². The van der Waals surface area contributed by atoms with E-state index in [1.165, 1.54) is 5.56 Å². The van der Waals surface area contributed by atoms with Crippen LogP contribution in [0.4, 0.5) is 0 Å². The SMILES string of the molecule is Cc1c(CC(N)=O)c2cc(OCc3ccccc3)ccc2n1Cc1ccccc1. The highest BCUT2D eigenvalue weighted by atomic mass is 16.5. The second-order valence-corrected chi connectivity index (χ2v) is 7.23. The van der Waals surface area contributed by atoms with Crippen LogP contribution in [0.15, 0.2) is 78.9 Å². The topological polar surface area (TPSA) is 57.3 Å². The lowest BCUT2D eigenvalue weighted by Gasteiger charge is -2.10. The van der Waals surface area contributed by atoms with Gasteiger partial charge in [-0.3, -0.25) is 4.79 Å². The number of ether oxygens (including phenoxy) is 1. The molecule has 1 heterocycles. The number of carbonyl (C=O) groups is 1. The summed E-state index contributed by atoms with van der Waals surface area (Å²) in [7, 11) is 0. The first-order chi connectivity index (χ1) is 14.1. The lowest BCUT2D eigenvalue weighted by molar-refractivity contribution is -0.117. The van der Waals surface area contributed by atoms with Crippen LogP contribution in [-0.4, -0.2) is 10.5 Å². The molecule has 0 aliphatic rings. The fraction of sp³-hybridized carbons (Fsp3) is 0.160. The average Bonchev–Trinajstić information content (AvgIpc) is 2.99. The molecule has 0 spiro atoms. The maximum Gasteiger partial charge on any atom is 0.221 e. The Morgan fingerprint density at radius 1 is 0.931 bits per heavy atom. The summed E-state index contributed by atoms with van der Waals surface area (Å²) in [6.45, 7) is 3.29. The molecule has 1 aromatic heterocycles. The zero-order valence-corrected chi connectivity index (χ0v) is 16.5. The Kier molecular flexibility index (Phi) is 5.34. The number of nitrogens with two attached hydrogens (primary N) is 1. The standard InChI is InChI=1S/C25H24N2O2/c1-18-22(15-25(26)28)23-14-21(29-17-20-10-6-3-7-11-20)12-13-24(23)27(18)16-19-8-4-2-5-9-19/h2-14H,15-17H2,1H3,(H2,26,28). The van der Waals surface area contributed by atoms with Crippen molar-refractivity contribution >= 4 is 16.8 Å². The molecule has 4 rings (SSSR count). The van der Waals surface area contributed by atoms with Crippen LogP contribution in [-0.2, 0) is 24.4 Å². The molecule has 2 N–H and O–H groups in total. The molecule has 146 valence electrons. The van der Waals surface area contributed by atoms with Crippen molar-refractivity contribution in [3.8, 4) is 5.75 Å². The Labute approximate surface area is 170 Å².